The summed E-state index contributed by atoms with van der Waals surface area (Å²) in [4.78, 5) is 28.1. The summed E-state index contributed by atoms with van der Waals surface area (Å²) in [5, 5.41) is 11.2. The number of amides is 1. The number of ether oxygens (including phenoxy) is 1. The number of nitrogens with zero attached hydrogens (tertiary/aromatic N) is 2. The molecule has 1 aliphatic carbocycles. The Morgan fingerprint density at radius 1 is 0.976 bits per heavy atom. The number of anilines is 3. The van der Waals surface area contributed by atoms with E-state index in [1.54, 1.807) is 11.1 Å². The topological polar surface area (TPSA) is 82.1 Å². The number of carbonyl (C=O) groups is 2. The van der Waals surface area contributed by atoms with E-state index in [1.165, 1.54) is 57.3 Å². The number of carboxylic acids is 1. The zero-order valence-corrected chi connectivity index (χ0v) is 26.4. The van der Waals surface area contributed by atoms with Crippen LogP contribution in [0.5, 0.6) is 5.75 Å². The lowest BCUT2D eigenvalue weighted by Crippen LogP contribution is -2.39. The second-order valence-electron chi connectivity index (χ2n) is 11.0. The van der Waals surface area contributed by atoms with Crippen molar-refractivity contribution in [3.8, 4) is 5.75 Å². The van der Waals surface area contributed by atoms with Crippen LogP contribution in [0, 0.1) is 0 Å². The molecule has 1 aliphatic heterocycles. The summed E-state index contributed by atoms with van der Waals surface area (Å²) in [6.45, 7) is 1.91. The Labute approximate surface area is 262 Å². The molecule has 224 valence electrons. The molecule has 0 unspecified atom stereocenters. The van der Waals surface area contributed by atoms with Gasteiger partial charge in [-0.15, -0.1) is 12.4 Å². The Hall–Kier alpha value is -3.23. The van der Waals surface area contributed by atoms with E-state index in [9.17, 15) is 14.7 Å². The number of halogens is 2. The number of piperidine rings is 1. The number of hydrogen-bond donors (Lipinski definition) is 2. The highest BCUT2D eigenvalue weighted by Gasteiger charge is 2.25. The third-order valence-electron chi connectivity index (χ3n) is 8.24. The van der Waals surface area contributed by atoms with Gasteiger partial charge in [0.1, 0.15) is 11.3 Å². The molecule has 2 fully saturated rings. The van der Waals surface area contributed by atoms with Crippen LogP contribution in [0.25, 0.3) is 0 Å². The Bertz CT molecular complexity index is 1370. The number of hydrogen-bond acceptors (Lipinski definition) is 5. The Morgan fingerprint density at radius 3 is 2.31 bits per heavy atom. The molecule has 7 nitrogen and oxygen atoms in total. The summed E-state index contributed by atoms with van der Waals surface area (Å²) in [5.74, 6) is -0.431. The van der Waals surface area contributed by atoms with Gasteiger partial charge in [0.05, 0.1) is 30.6 Å². The second kappa shape index (κ2) is 14.8. The van der Waals surface area contributed by atoms with Crippen LogP contribution in [0.15, 0.2) is 65.1 Å². The molecule has 1 heterocycles. The summed E-state index contributed by atoms with van der Waals surface area (Å²) in [7, 11) is 1.43. The zero-order chi connectivity index (χ0) is 28.8. The van der Waals surface area contributed by atoms with Crippen LogP contribution in [-0.4, -0.2) is 37.2 Å². The number of carboxylic acid groups (broad SMARTS) is 1. The van der Waals surface area contributed by atoms with Crippen molar-refractivity contribution in [2.75, 3.05) is 35.5 Å². The van der Waals surface area contributed by atoms with E-state index in [0.717, 1.165) is 43.0 Å². The van der Waals surface area contributed by atoms with E-state index >= 15 is 0 Å². The maximum absolute atomic E-state index is 14.1. The van der Waals surface area contributed by atoms with Crippen molar-refractivity contribution in [3.63, 3.8) is 0 Å². The highest BCUT2D eigenvalue weighted by molar-refractivity contribution is 9.10. The quantitative estimate of drug-likeness (QED) is 0.226. The van der Waals surface area contributed by atoms with Gasteiger partial charge in [-0.1, -0.05) is 59.5 Å². The minimum atomic E-state index is -1.09. The molecule has 9 heteroatoms. The number of para-hydroxylation sites is 2. The van der Waals surface area contributed by atoms with E-state index < -0.39 is 5.97 Å². The molecule has 1 saturated heterocycles. The van der Waals surface area contributed by atoms with Crippen LogP contribution in [0.3, 0.4) is 0 Å². The first kappa shape index (κ1) is 31.7. The fourth-order valence-corrected chi connectivity index (χ4v) is 6.50. The van der Waals surface area contributed by atoms with E-state index in [1.807, 2.05) is 18.2 Å². The normalized spacial score (nSPS) is 15.4. The zero-order valence-electron chi connectivity index (χ0n) is 24.0. The summed E-state index contributed by atoms with van der Waals surface area (Å²) in [6, 6.07) is 19.6. The molecule has 1 amide bonds. The standard InChI is InChI=1S/C33H38BrN3O4.ClH/c1-41-31-20-25(28(34)22-27(31)33(39)40)21-32(38)37(30-13-7-6-12-29(30)36-18-8-3-9-19-36)35-26-16-14-24(15-17-26)23-10-4-2-5-11-23;/h6-7,12-17,20,22-23,35H,2-5,8-11,18-19,21H2,1H3,(H,39,40);1H. The van der Waals surface area contributed by atoms with E-state index in [2.05, 4.69) is 56.6 Å². The van der Waals surface area contributed by atoms with Gasteiger partial charge in [0.25, 0.3) is 0 Å². The van der Waals surface area contributed by atoms with Gasteiger partial charge in [0.2, 0.25) is 5.91 Å². The maximum Gasteiger partial charge on any atom is 0.339 e. The minimum absolute atomic E-state index is 0. The van der Waals surface area contributed by atoms with Crippen molar-refractivity contribution in [1.29, 1.82) is 0 Å². The Kier molecular flexibility index (Phi) is 11.2. The fourth-order valence-electron chi connectivity index (χ4n) is 6.02. The third-order valence-corrected chi connectivity index (χ3v) is 8.98. The van der Waals surface area contributed by atoms with E-state index in [4.69, 9.17) is 4.74 Å². The molecule has 0 atom stereocenters. The van der Waals surface area contributed by atoms with Gasteiger partial charge in [-0.2, -0.15) is 0 Å². The smallest absolute Gasteiger partial charge is 0.339 e. The lowest BCUT2D eigenvalue weighted by molar-refractivity contribution is -0.117. The second-order valence-corrected chi connectivity index (χ2v) is 11.8. The van der Waals surface area contributed by atoms with Crippen molar-refractivity contribution in [1.82, 2.24) is 0 Å². The summed E-state index contributed by atoms with van der Waals surface area (Å²) >= 11 is 3.48. The lowest BCUT2D eigenvalue weighted by Gasteiger charge is -2.34. The Balaban J connectivity index is 0.00000405. The third kappa shape index (κ3) is 7.39. The summed E-state index contributed by atoms with van der Waals surface area (Å²) in [5.41, 5.74) is 8.11. The molecular weight excluding hydrogens is 618 g/mol. The van der Waals surface area contributed by atoms with Gasteiger partial charge in [0.15, 0.2) is 0 Å². The lowest BCUT2D eigenvalue weighted by atomic mass is 9.84. The molecule has 0 aromatic heterocycles. The van der Waals surface area contributed by atoms with Gasteiger partial charge in [-0.3, -0.25) is 10.2 Å². The first-order valence-electron chi connectivity index (χ1n) is 14.6. The molecule has 0 spiro atoms. The van der Waals surface area contributed by atoms with Crippen molar-refractivity contribution < 1.29 is 19.4 Å². The van der Waals surface area contributed by atoms with Crippen molar-refractivity contribution in [2.45, 2.75) is 63.7 Å². The van der Waals surface area contributed by atoms with Gasteiger partial charge in [-0.25, -0.2) is 9.80 Å². The van der Waals surface area contributed by atoms with Crippen LogP contribution in [0.4, 0.5) is 17.1 Å². The average molecular weight is 657 g/mol. The molecule has 2 aliphatic rings. The number of benzene rings is 3. The van der Waals surface area contributed by atoms with Crippen LogP contribution in [0.2, 0.25) is 0 Å². The first-order chi connectivity index (χ1) is 19.9. The predicted molar refractivity (Wildman–Crippen MR) is 174 cm³/mol. The SMILES string of the molecule is COc1cc(CC(=O)N(Nc2ccc(C3CCCCC3)cc2)c2ccccc2N2CCCCC2)c(Br)cc1C(=O)O.Cl. The monoisotopic (exact) mass is 655 g/mol. The first-order valence-corrected chi connectivity index (χ1v) is 15.4. The van der Waals surface area contributed by atoms with Crippen molar-refractivity contribution >= 4 is 57.3 Å². The van der Waals surface area contributed by atoms with Crippen LogP contribution in [-0.2, 0) is 11.2 Å². The molecule has 5 rings (SSSR count). The molecule has 2 N–H and O–H groups in total. The predicted octanol–water partition coefficient (Wildman–Crippen LogP) is 8.22. The highest BCUT2D eigenvalue weighted by Crippen LogP contribution is 2.35. The summed E-state index contributed by atoms with van der Waals surface area (Å²) < 4.78 is 5.88. The van der Waals surface area contributed by atoms with E-state index in [0.29, 0.717) is 16.0 Å². The molecule has 1 saturated carbocycles. The average Bonchev–Trinajstić information content (AvgIpc) is 3.01. The van der Waals surface area contributed by atoms with Crippen LogP contribution >= 0.6 is 28.3 Å². The maximum atomic E-state index is 14.1. The molecule has 0 bridgehead atoms. The van der Waals surface area contributed by atoms with Crippen LogP contribution < -0.4 is 20.1 Å². The number of methoxy groups -OCH3 is 1. The molecular formula is C33H39BrClN3O4. The molecule has 3 aromatic rings. The van der Waals surface area contributed by atoms with Gasteiger partial charge >= 0.3 is 5.97 Å². The molecule has 42 heavy (non-hydrogen) atoms. The number of rotatable bonds is 9. The van der Waals surface area contributed by atoms with Gasteiger partial charge in [0, 0.05) is 17.6 Å². The largest absolute Gasteiger partial charge is 0.496 e. The molecule has 0 radical (unpaired) electrons. The minimum Gasteiger partial charge on any atom is -0.496 e. The van der Waals surface area contributed by atoms with Crippen LogP contribution in [0.1, 0.15) is 78.8 Å². The Morgan fingerprint density at radius 2 is 1.64 bits per heavy atom. The van der Waals surface area contributed by atoms with Crippen molar-refractivity contribution in [3.05, 3.63) is 81.8 Å². The number of carbonyl (C=O) groups excluding carboxylic acids is 1. The van der Waals surface area contributed by atoms with Gasteiger partial charge < -0.3 is 14.7 Å². The molecule has 3 aromatic carbocycles. The fraction of sp³-hybridized carbons (Fsp3) is 0.394. The van der Waals surface area contributed by atoms with E-state index in [-0.39, 0.29) is 36.0 Å². The number of hydrazine groups is 1. The highest BCUT2D eigenvalue weighted by atomic mass is 79.9. The van der Waals surface area contributed by atoms with Crippen molar-refractivity contribution in [2.24, 2.45) is 0 Å². The number of aromatic carboxylic acids is 1. The summed E-state index contributed by atoms with van der Waals surface area (Å²) in [6.07, 6.45) is 9.88. The number of nitrogens with one attached hydrogen (secondary N) is 1. The van der Waals surface area contributed by atoms with Gasteiger partial charge in [-0.05, 0) is 85.5 Å².